The molecular formula is C22H23N3O2. The van der Waals surface area contributed by atoms with Crippen LogP contribution in [0, 0.1) is 0 Å². The third kappa shape index (κ3) is 4.03. The van der Waals surface area contributed by atoms with Gasteiger partial charge in [0.15, 0.2) is 0 Å². The van der Waals surface area contributed by atoms with Gasteiger partial charge in [-0.2, -0.15) is 0 Å². The number of anilines is 1. The van der Waals surface area contributed by atoms with Gasteiger partial charge in [-0.1, -0.05) is 6.07 Å². The van der Waals surface area contributed by atoms with Gasteiger partial charge in [0.1, 0.15) is 18.1 Å². The fourth-order valence-corrected chi connectivity index (χ4v) is 3.35. The van der Waals surface area contributed by atoms with Gasteiger partial charge in [0.25, 0.3) is 0 Å². The zero-order valence-electron chi connectivity index (χ0n) is 15.4. The molecule has 0 atom stereocenters. The van der Waals surface area contributed by atoms with Gasteiger partial charge in [0.2, 0.25) is 0 Å². The second-order valence-electron chi connectivity index (χ2n) is 6.60. The number of hydrogen-bond acceptors (Lipinski definition) is 5. The fraction of sp³-hybridized carbons (Fsp3) is 0.273. The summed E-state index contributed by atoms with van der Waals surface area (Å²) in [6.07, 6.45) is 8.56. The maximum Gasteiger partial charge on any atom is 0.132 e. The predicted octanol–water partition coefficient (Wildman–Crippen LogP) is 4.48. The molecule has 5 nitrogen and oxygen atoms in total. The highest BCUT2D eigenvalue weighted by molar-refractivity contribution is 5.75. The van der Waals surface area contributed by atoms with Crippen molar-refractivity contribution in [3.05, 3.63) is 66.2 Å². The van der Waals surface area contributed by atoms with E-state index < -0.39 is 0 Å². The summed E-state index contributed by atoms with van der Waals surface area (Å²) in [4.78, 5) is 8.37. The molecule has 0 unspecified atom stereocenters. The van der Waals surface area contributed by atoms with E-state index in [4.69, 9.17) is 9.47 Å². The van der Waals surface area contributed by atoms with E-state index in [0.29, 0.717) is 6.61 Å². The number of aromatic nitrogens is 2. The first-order chi connectivity index (χ1) is 13.3. The Morgan fingerprint density at radius 3 is 2.89 bits per heavy atom. The molecule has 2 heterocycles. The van der Waals surface area contributed by atoms with Gasteiger partial charge >= 0.3 is 0 Å². The Kier molecular flexibility index (Phi) is 5.19. The van der Waals surface area contributed by atoms with E-state index in [-0.39, 0.29) is 0 Å². The Hall–Kier alpha value is -3.08. The Balaban J connectivity index is 1.67. The van der Waals surface area contributed by atoms with E-state index in [1.165, 1.54) is 24.1 Å². The van der Waals surface area contributed by atoms with Gasteiger partial charge in [-0.3, -0.25) is 9.97 Å². The van der Waals surface area contributed by atoms with E-state index in [9.17, 15) is 0 Å². The van der Waals surface area contributed by atoms with Crippen LogP contribution >= 0.6 is 0 Å². The number of rotatable bonds is 5. The summed E-state index contributed by atoms with van der Waals surface area (Å²) in [6.45, 7) is 1.41. The summed E-state index contributed by atoms with van der Waals surface area (Å²) in [6, 6.07) is 12.5. The number of nitrogens with zero attached hydrogens (tertiary/aromatic N) is 2. The molecule has 5 heteroatoms. The van der Waals surface area contributed by atoms with Crippen LogP contribution < -0.4 is 14.8 Å². The molecule has 138 valence electrons. The summed E-state index contributed by atoms with van der Waals surface area (Å²) in [5.41, 5.74) is 5.54. The number of benzene rings is 2. The van der Waals surface area contributed by atoms with Gasteiger partial charge in [0, 0.05) is 30.2 Å². The molecule has 0 radical (unpaired) electrons. The molecule has 1 aliphatic heterocycles. The van der Waals surface area contributed by atoms with E-state index in [1.54, 1.807) is 25.7 Å². The lowest BCUT2D eigenvalue weighted by Crippen LogP contribution is -2.01. The van der Waals surface area contributed by atoms with E-state index in [1.807, 2.05) is 18.2 Å². The van der Waals surface area contributed by atoms with Gasteiger partial charge < -0.3 is 14.8 Å². The first-order valence-electron chi connectivity index (χ1n) is 9.26. The first kappa shape index (κ1) is 17.3. The number of nitrogens with one attached hydrogen (secondary N) is 1. The van der Waals surface area contributed by atoms with Crippen LogP contribution in [0.4, 0.5) is 5.69 Å². The second kappa shape index (κ2) is 8.08. The van der Waals surface area contributed by atoms with Crippen LogP contribution in [0.1, 0.15) is 24.1 Å². The Bertz CT molecular complexity index is 913. The summed E-state index contributed by atoms with van der Waals surface area (Å²) in [7, 11) is 1.68. The molecular weight excluding hydrogens is 338 g/mol. The lowest BCUT2D eigenvalue weighted by molar-refractivity contribution is 0.301. The predicted molar refractivity (Wildman–Crippen MR) is 106 cm³/mol. The van der Waals surface area contributed by atoms with Crippen molar-refractivity contribution in [3.8, 4) is 22.6 Å². The van der Waals surface area contributed by atoms with Crippen molar-refractivity contribution in [2.45, 2.75) is 25.9 Å². The van der Waals surface area contributed by atoms with Crippen molar-refractivity contribution >= 4 is 5.69 Å². The minimum absolute atomic E-state index is 0.375. The highest BCUT2D eigenvalue weighted by Crippen LogP contribution is 2.36. The topological polar surface area (TPSA) is 56.3 Å². The molecule has 27 heavy (non-hydrogen) atoms. The van der Waals surface area contributed by atoms with E-state index in [2.05, 4.69) is 33.5 Å². The summed E-state index contributed by atoms with van der Waals surface area (Å²) in [5.74, 6) is 1.62. The lowest BCUT2D eigenvalue weighted by atomic mass is 9.98. The molecule has 0 saturated carbocycles. The van der Waals surface area contributed by atoms with Crippen LogP contribution in [0.15, 0.2) is 55.0 Å². The van der Waals surface area contributed by atoms with Gasteiger partial charge in [-0.25, -0.2) is 0 Å². The van der Waals surface area contributed by atoms with Crippen molar-refractivity contribution in [3.63, 3.8) is 0 Å². The monoisotopic (exact) mass is 361 g/mol. The molecule has 0 aliphatic carbocycles. The lowest BCUT2D eigenvalue weighted by Gasteiger charge is -2.15. The van der Waals surface area contributed by atoms with Crippen LogP contribution in [0.3, 0.4) is 0 Å². The van der Waals surface area contributed by atoms with Crippen molar-refractivity contribution in [1.82, 2.24) is 9.97 Å². The Morgan fingerprint density at radius 2 is 2.04 bits per heavy atom. The molecule has 4 rings (SSSR count). The normalized spacial score (nSPS) is 13.2. The van der Waals surface area contributed by atoms with Crippen molar-refractivity contribution < 1.29 is 9.47 Å². The van der Waals surface area contributed by atoms with E-state index >= 15 is 0 Å². The first-order valence-corrected chi connectivity index (χ1v) is 9.26. The summed E-state index contributed by atoms with van der Waals surface area (Å²) >= 11 is 0. The Morgan fingerprint density at radius 1 is 1.07 bits per heavy atom. The third-order valence-corrected chi connectivity index (χ3v) is 4.78. The van der Waals surface area contributed by atoms with Gasteiger partial charge in [-0.15, -0.1) is 0 Å². The van der Waals surface area contributed by atoms with Crippen LogP contribution in [0.25, 0.3) is 11.1 Å². The van der Waals surface area contributed by atoms with E-state index in [0.717, 1.165) is 41.3 Å². The van der Waals surface area contributed by atoms with Crippen LogP contribution in [0.2, 0.25) is 0 Å². The molecule has 0 fully saturated rings. The van der Waals surface area contributed by atoms with Crippen LogP contribution in [-0.2, 0) is 13.0 Å². The number of hydrogen-bond donors (Lipinski definition) is 1. The maximum atomic E-state index is 6.07. The standard InChI is InChI=1S/C22H23N3O2/c1-26-19-6-8-22(27-15-18-14-23-10-11-24-18)20(13-19)16-5-7-21-17(12-16)4-2-3-9-25-21/h5-8,10-14,25H,2-4,9,15H2,1H3. The molecule has 1 aromatic heterocycles. The van der Waals surface area contributed by atoms with Crippen LogP contribution in [-0.4, -0.2) is 23.6 Å². The molecule has 1 aliphatic rings. The maximum absolute atomic E-state index is 6.07. The van der Waals surface area contributed by atoms with Gasteiger partial charge in [0.05, 0.1) is 19.0 Å². The van der Waals surface area contributed by atoms with Crippen molar-refractivity contribution in [2.24, 2.45) is 0 Å². The Labute approximate surface area is 159 Å². The minimum Gasteiger partial charge on any atom is -0.497 e. The SMILES string of the molecule is COc1ccc(OCc2cnccn2)c(-c2ccc3c(c2)CCCCN3)c1. The number of aryl methyl sites for hydroxylation is 1. The van der Waals surface area contributed by atoms with Crippen LogP contribution in [0.5, 0.6) is 11.5 Å². The molecule has 1 N–H and O–H groups in total. The largest absolute Gasteiger partial charge is 0.497 e. The summed E-state index contributed by atoms with van der Waals surface area (Å²) < 4.78 is 11.5. The summed E-state index contributed by atoms with van der Waals surface area (Å²) in [5, 5.41) is 3.52. The minimum atomic E-state index is 0.375. The zero-order chi connectivity index (χ0) is 18.5. The number of fused-ring (bicyclic) bond motifs is 1. The highest BCUT2D eigenvalue weighted by atomic mass is 16.5. The number of ether oxygens (including phenoxy) is 2. The highest BCUT2D eigenvalue weighted by Gasteiger charge is 2.13. The third-order valence-electron chi connectivity index (χ3n) is 4.78. The van der Waals surface area contributed by atoms with Crippen molar-refractivity contribution in [1.29, 1.82) is 0 Å². The molecule has 0 saturated heterocycles. The molecule has 2 aromatic carbocycles. The average molecular weight is 361 g/mol. The van der Waals surface area contributed by atoms with Crippen molar-refractivity contribution in [2.75, 3.05) is 19.0 Å². The molecule has 0 amide bonds. The van der Waals surface area contributed by atoms with Gasteiger partial charge in [-0.05, 0) is 60.7 Å². The molecule has 0 spiro atoms. The quantitative estimate of drug-likeness (QED) is 0.726. The number of methoxy groups -OCH3 is 1. The molecule has 0 bridgehead atoms. The molecule has 3 aromatic rings. The average Bonchev–Trinajstić information content (AvgIpc) is 2.97. The zero-order valence-corrected chi connectivity index (χ0v) is 15.4. The fourth-order valence-electron chi connectivity index (χ4n) is 3.35. The smallest absolute Gasteiger partial charge is 0.132 e. The second-order valence-corrected chi connectivity index (χ2v) is 6.60.